The molecule has 2 N–H and O–H groups in total. The van der Waals surface area contributed by atoms with E-state index in [2.05, 4.69) is 0 Å². The first kappa shape index (κ1) is 14.8. The number of rotatable bonds is 6. The van der Waals surface area contributed by atoms with Crippen LogP contribution in [-0.4, -0.2) is 34.0 Å². The summed E-state index contributed by atoms with van der Waals surface area (Å²) in [6.07, 6.45) is 0.967. The standard InChI is InChI=1S/C12H19NO4S/c1-4-16-8-9(2)17-11-5-10(13)6-12(7-11)18(3,14)15/h5-7,9H,4,8,13H2,1-3H3. The predicted molar refractivity (Wildman–Crippen MR) is 70.5 cm³/mol. The first-order chi connectivity index (χ1) is 8.32. The lowest BCUT2D eigenvalue weighted by atomic mass is 10.3. The van der Waals surface area contributed by atoms with Crippen molar-refractivity contribution in [1.82, 2.24) is 0 Å². The van der Waals surface area contributed by atoms with Crippen molar-refractivity contribution in [3.8, 4) is 5.75 Å². The van der Waals surface area contributed by atoms with Crippen LogP contribution in [0.5, 0.6) is 5.75 Å². The van der Waals surface area contributed by atoms with Gasteiger partial charge in [-0.15, -0.1) is 0 Å². The Kier molecular flexibility index (Phi) is 4.98. The van der Waals surface area contributed by atoms with Crippen molar-refractivity contribution in [2.75, 3.05) is 25.2 Å². The minimum absolute atomic E-state index is 0.154. The van der Waals surface area contributed by atoms with Gasteiger partial charge in [0.15, 0.2) is 9.84 Å². The van der Waals surface area contributed by atoms with E-state index in [4.69, 9.17) is 15.2 Å². The van der Waals surface area contributed by atoms with Gasteiger partial charge in [0.25, 0.3) is 0 Å². The van der Waals surface area contributed by atoms with Crippen LogP contribution in [0.1, 0.15) is 13.8 Å². The van der Waals surface area contributed by atoms with Gasteiger partial charge in [-0.3, -0.25) is 0 Å². The zero-order valence-electron chi connectivity index (χ0n) is 10.8. The van der Waals surface area contributed by atoms with Crippen LogP contribution >= 0.6 is 0 Å². The Morgan fingerprint density at radius 3 is 2.56 bits per heavy atom. The van der Waals surface area contributed by atoms with Crippen molar-refractivity contribution in [3.05, 3.63) is 18.2 Å². The largest absolute Gasteiger partial charge is 0.488 e. The summed E-state index contributed by atoms with van der Waals surface area (Å²) < 4.78 is 33.7. The van der Waals surface area contributed by atoms with E-state index in [1.165, 1.54) is 12.1 Å². The van der Waals surface area contributed by atoms with Gasteiger partial charge in [-0.05, 0) is 26.0 Å². The van der Waals surface area contributed by atoms with Crippen molar-refractivity contribution in [2.45, 2.75) is 24.8 Å². The molecule has 0 amide bonds. The second-order valence-electron chi connectivity index (χ2n) is 4.10. The van der Waals surface area contributed by atoms with Crippen molar-refractivity contribution in [1.29, 1.82) is 0 Å². The number of sulfone groups is 1. The highest BCUT2D eigenvalue weighted by molar-refractivity contribution is 7.90. The zero-order valence-corrected chi connectivity index (χ0v) is 11.7. The quantitative estimate of drug-likeness (QED) is 0.794. The third kappa shape index (κ3) is 4.54. The SMILES string of the molecule is CCOCC(C)Oc1cc(N)cc(S(C)(=O)=O)c1. The smallest absolute Gasteiger partial charge is 0.175 e. The summed E-state index contributed by atoms with van der Waals surface area (Å²) in [5.74, 6) is 0.433. The third-order valence-electron chi connectivity index (χ3n) is 2.22. The van der Waals surface area contributed by atoms with Gasteiger partial charge < -0.3 is 15.2 Å². The summed E-state index contributed by atoms with van der Waals surface area (Å²) in [6.45, 7) is 4.80. The van der Waals surface area contributed by atoms with Crippen LogP contribution in [0.4, 0.5) is 5.69 Å². The molecular formula is C12H19NO4S. The Balaban J connectivity index is 2.87. The Morgan fingerprint density at radius 2 is 2.00 bits per heavy atom. The van der Waals surface area contributed by atoms with Crippen molar-refractivity contribution >= 4 is 15.5 Å². The summed E-state index contributed by atoms with van der Waals surface area (Å²) in [4.78, 5) is 0.154. The molecule has 1 rings (SSSR count). The Morgan fingerprint density at radius 1 is 1.33 bits per heavy atom. The van der Waals surface area contributed by atoms with Gasteiger partial charge in [-0.25, -0.2) is 8.42 Å². The maximum atomic E-state index is 11.5. The maximum Gasteiger partial charge on any atom is 0.175 e. The average molecular weight is 273 g/mol. The molecule has 0 aliphatic heterocycles. The summed E-state index contributed by atoms with van der Waals surface area (Å²) in [5.41, 5.74) is 6.01. The molecule has 0 aliphatic rings. The van der Waals surface area contributed by atoms with Crippen LogP contribution in [0.2, 0.25) is 0 Å². The molecule has 1 aromatic rings. The molecule has 102 valence electrons. The molecule has 0 saturated carbocycles. The van der Waals surface area contributed by atoms with E-state index in [1.807, 2.05) is 13.8 Å². The molecule has 0 saturated heterocycles. The number of ether oxygens (including phenoxy) is 2. The van der Waals surface area contributed by atoms with Gasteiger partial charge in [-0.2, -0.15) is 0 Å². The van der Waals surface area contributed by atoms with E-state index in [-0.39, 0.29) is 11.0 Å². The van der Waals surface area contributed by atoms with Crippen LogP contribution in [-0.2, 0) is 14.6 Å². The molecule has 1 aromatic carbocycles. The van der Waals surface area contributed by atoms with Gasteiger partial charge in [0.1, 0.15) is 11.9 Å². The van der Waals surface area contributed by atoms with Crippen LogP contribution in [0.25, 0.3) is 0 Å². The highest BCUT2D eigenvalue weighted by Crippen LogP contribution is 2.23. The lowest BCUT2D eigenvalue weighted by Crippen LogP contribution is -2.19. The van der Waals surface area contributed by atoms with E-state index < -0.39 is 9.84 Å². The fraction of sp³-hybridized carbons (Fsp3) is 0.500. The molecule has 0 spiro atoms. The van der Waals surface area contributed by atoms with Gasteiger partial charge in [0, 0.05) is 24.6 Å². The zero-order chi connectivity index (χ0) is 13.8. The number of benzene rings is 1. The molecule has 0 aliphatic carbocycles. The normalized spacial score (nSPS) is 13.3. The van der Waals surface area contributed by atoms with Crippen LogP contribution in [0.3, 0.4) is 0 Å². The fourth-order valence-electron chi connectivity index (χ4n) is 1.43. The van der Waals surface area contributed by atoms with Crippen LogP contribution in [0, 0.1) is 0 Å². The molecule has 18 heavy (non-hydrogen) atoms. The van der Waals surface area contributed by atoms with Crippen LogP contribution in [0.15, 0.2) is 23.1 Å². The summed E-state index contributed by atoms with van der Waals surface area (Å²) in [6, 6.07) is 4.47. The minimum Gasteiger partial charge on any atom is -0.488 e. The molecule has 0 heterocycles. The molecule has 0 aromatic heterocycles. The summed E-state index contributed by atoms with van der Waals surface area (Å²) in [5, 5.41) is 0. The first-order valence-electron chi connectivity index (χ1n) is 5.68. The number of nitrogen functional groups attached to an aromatic ring is 1. The van der Waals surface area contributed by atoms with E-state index in [9.17, 15) is 8.42 Å². The highest BCUT2D eigenvalue weighted by Gasteiger charge is 2.11. The van der Waals surface area contributed by atoms with E-state index >= 15 is 0 Å². The Hall–Kier alpha value is -1.27. The van der Waals surface area contributed by atoms with Gasteiger partial charge in [0.05, 0.1) is 11.5 Å². The summed E-state index contributed by atoms with van der Waals surface area (Å²) >= 11 is 0. The molecule has 0 fully saturated rings. The molecule has 5 nitrogen and oxygen atoms in total. The predicted octanol–water partition coefficient (Wildman–Crippen LogP) is 1.48. The topological polar surface area (TPSA) is 78.6 Å². The Bertz CT molecular complexity index is 499. The van der Waals surface area contributed by atoms with Crippen molar-refractivity contribution in [2.24, 2.45) is 0 Å². The lowest BCUT2D eigenvalue weighted by molar-refractivity contribution is 0.0656. The molecule has 1 unspecified atom stereocenters. The molecule has 6 heteroatoms. The van der Waals surface area contributed by atoms with Gasteiger partial charge in [-0.1, -0.05) is 0 Å². The van der Waals surface area contributed by atoms with E-state index in [0.29, 0.717) is 24.7 Å². The van der Waals surface area contributed by atoms with Crippen molar-refractivity contribution < 1.29 is 17.9 Å². The number of nitrogens with two attached hydrogens (primary N) is 1. The maximum absolute atomic E-state index is 11.5. The fourth-order valence-corrected chi connectivity index (χ4v) is 2.11. The number of anilines is 1. The monoisotopic (exact) mass is 273 g/mol. The van der Waals surface area contributed by atoms with Gasteiger partial charge >= 0.3 is 0 Å². The van der Waals surface area contributed by atoms with E-state index in [1.54, 1.807) is 6.07 Å². The Labute approximate surface area is 108 Å². The second kappa shape index (κ2) is 6.06. The van der Waals surface area contributed by atoms with Crippen LogP contribution < -0.4 is 10.5 Å². The number of hydrogen-bond acceptors (Lipinski definition) is 5. The summed E-state index contributed by atoms with van der Waals surface area (Å²) in [7, 11) is -3.29. The highest BCUT2D eigenvalue weighted by atomic mass is 32.2. The van der Waals surface area contributed by atoms with Crippen molar-refractivity contribution in [3.63, 3.8) is 0 Å². The molecular weight excluding hydrogens is 254 g/mol. The number of hydrogen-bond donors (Lipinski definition) is 1. The molecule has 0 bridgehead atoms. The molecule has 1 atom stereocenters. The third-order valence-corrected chi connectivity index (χ3v) is 3.32. The average Bonchev–Trinajstić information content (AvgIpc) is 2.24. The minimum atomic E-state index is -3.29. The second-order valence-corrected chi connectivity index (χ2v) is 6.11. The molecule has 0 radical (unpaired) electrons. The van der Waals surface area contributed by atoms with Gasteiger partial charge in [0.2, 0.25) is 0 Å². The lowest BCUT2D eigenvalue weighted by Gasteiger charge is -2.15. The van der Waals surface area contributed by atoms with E-state index in [0.717, 1.165) is 6.26 Å². The first-order valence-corrected chi connectivity index (χ1v) is 7.57.